The number of ether oxygens (including phenoxy) is 1. The van der Waals surface area contributed by atoms with Crippen LogP contribution in [0.5, 0.6) is 0 Å². The van der Waals surface area contributed by atoms with Crippen molar-refractivity contribution in [1.29, 1.82) is 0 Å². The van der Waals surface area contributed by atoms with Crippen LogP contribution in [-0.2, 0) is 9.53 Å². The number of nitrogens with zero attached hydrogens (tertiary/aromatic N) is 1. The molecule has 1 heterocycles. The second-order valence-corrected chi connectivity index (χ2v) is 5.19. The van der Waals surface area contributed by atoms with Crippen molar-refractivity contribution in [3.8, 4) is 0 Å². The lowest BCUT2D eigenvalue weighted by molar-refractivity contribution is -0.124. The van der Waals surface area contributed by atoms with Gasteiger partial charge >= 0.3 is 0 Å². The summed E-state index contributed by atoms with van der Waals surface area (Å²) in [6.45, 7) is 3.19. The zero-order valence-corrected chi connectivity index (χ0v) is 12.4. The van der Waals surface area contributed by atoms with E-state index in [1.54, 1.807) is 20.0 Å². The van der Waals surface area contributed by atoms with E-state index >= 15 is 0 Å². The molecule has 0 saturated carbocycles. The molecule has 1 amide bonds. The van der Waals surface area contributed by atoms with Gasteiger partial charge in [0.15, 0.2) is 0 Å². The molecule has 2 rings (SSSR count). The lowest BCUT2D eigenvalue weighted by atomic mass is 10.1. The first-order valence-corrected chi connectivity index (χ1v) is 6.96. The van der Waals surface area contributed by atoms with Crippen molar-refractivity contribution >= 4 is 23.2 Å². The summed E-state index contributed by atoms with van der Waals surface area (Å²) in [4.78, 5) is 13.9. The van der Waals surface area contributed by atoms with E-state index in [0.29, 0.717) is 24.8 Å². The number of likely N-dealkylation sites (N-methyl/N-ethyl adjacent to an activating group) is 1. The van der Waals surface area contributed by atoms with Gasteiger partial charge in [-0.25, -0.2) is 0 Å². The van der Waals surface area contributed by atoms with Gasteiger partial charge in [-0.3, -0.25) is 4.79 Å². The van der Waals surface area contributed by atoms with E-state index < -0.39 is 6.10 Å². The molecule has 110 valence electrons. The number of hydrogen-bond donors (Lipinski definition) is 2. The van der Waals surface area contributed by atoms with E-state index in [1.807, 2.05) is 17.0 Å². The van der Waals surface area contributed by atoms with Gasteiger partial charge in [0.25, 0.3) is 0 Å². The summed E-state index contributed by atoms with van der Waals surface area (Å²) in [5.41, 5.74) is 1.54. The molecule has 0 aromatic heterocycles. The molecule has 0 bridgehead atoms. The molecule has 1 saturated heterocycles. The highest BCUT2D eigenvalue weighted by molar-refractivity contribution is 6.33. The van der Waals surface area contributed by atoms with Crippen LogP contribution in [0.2, 0.25) is 5.02 Å². The third-order valence-electron chi connectivity index (χ3n) is 3.44. The van der Waals surface area contributed by atoms with E-state index in [4.69, 9.17) is 16.3 Å². The Morgan fingerprint density at radius 1 is 1.60 bits per heavy atom. The SMILES string of the molecule is CNC(=O)C1COCCN1c1ccc([C@H](C)O)cc1Cl. The Morgan fingerprint density at radius 2 is 2.35 bits per heavy atom. The van der Waals surface area contributed by atoms with Crippen molar-refractivity contribution in [1.82, 2.24) is 5.32 Å². The summed E-state index contributed by atoms with van der Waals surface area (Å²) in [5, 5.41) is 12.7. The summed E-state index contributed by atoms with van der Waals surface area (Å²) in [6, 6.07) is 5.01. The van der Waals surface area contributed by atoms with E-state index in [0.717, 1.165) is 11.3 Å². The number of rotatable bonds is 3. The van der Waals surface area contributed by atoms with Gasteiger partial charge in [0.1, 0.15) is 6.04 Å². The quantitative estimate of drug-likeness (QED) is 0.884. The molecule has 1 aliphatic rings. The molecule has 1 aliphatic heterocycles. The van der Waals surface area contributed by atoms with Crippen LogP contribution in [0.4, 0.5) is 5.69 Å². The zero-order valence-electron chi connectivity index (χ0n) is 11.6. The number of anilines is 1. The lowest BCUT2D eigenvalue weighted by Crippen LogP contribution is -2.53. The van der Waals surface area contributed by atoms with Crippen LogP contribution in [0.1, 0.15) is 18.6 Å². The van der Waals surface area contributed by atoms with Crippen LogP contribution in [0, 0.1) is 0 Å². The van der Waals surface area contributed by atoms with Gasteiger partial charge in [0.2, 0.25) is 5.91 Å². The third kappa shape index (κ3) is 3.06. The number of aliphatic hydroxyl groups is 1. The molecule has 1 aromatic rings. The van der Waals surface area contributed by atoms with Crippen molar-refractivity contribution in [2.75, 3.05) is 31.7 Å². The molecule has 0 radical (unpaired) electrons. The minimum Gasteiger partial charge on any atom is -0.389 e. The van der Waals surface area contributed by atoms with Crippen LogP contribution in [0.15, 0.2) is 18.2 Å². The molecule has 2 N–H and O–H groups in total. The highest BCUT2D eigenvalue weighted by Gasteiger charge is 2.30. The van der Waals surface area contributed by atoms with E-state index in [2.05, 4.69) is 5.32 Å². The number of nitrogens with one attached hydrogen (secondary N) is 1. The Labute approximate surface area is 123 Å². The molecular weight excluding hydrogens is 280 g/mol. The van der Waals surface area contributed by atoms with Gasteiger partial charge in [-0.1, -0.05) is 17.7 Å². The van der Waals surface area contributed by atoms with Crippen LogP contribution in [0.25, 0.3) is 0 Å². The first-order chi connectivity index (χ1) is 9.54. The number of aliphatic hydroxyl groups excluding tert-OH is 1. The number of hydrogen-bond acceptors (Lipinski definition) is 4. The molecule has 0 spiro atoms. The molecule has 6 heteroatoms. The second kappa shape index (κ2) is 6.43. The van der Waals surface area contributed by atoms with Crippen molar-refractivity contribution < 1.29 is 14.6 Å². The van der Waals surface area contributed by atoms with Gasteiger partial charge in [0, 0.05) is 13.6 Å². The first-order valence-electron chi connectivity index (χ1n) is 6.58. The van der Waals surface area contributed by atoms with Gasteiger partial charge in [0.05, 0.1) is 30.0 Å². The lowest BCUT2D eigenvalue weighted by Gasteiger charge is -2.36. The molecule has 0 aliphatic carbocycles. The molecule has 20 heavy (non-hydrogen) atoms. The maximum absolute atomic E-state index is 11.9. The normalized spacial score (nSPS) is 20.6. The van der Waals surface area contributed by atoms with Crippen molar-refractivity contribution in [2.45, 2.75) is 19.1 Å². The van der Waals surface area contributed by atoms with Gasteiger partial charge in [-0.05, 0) is 24.6 Å². The topological polar surface area (TPSA) is 61.8 Å². The fourth-order valence-electron chi connectivity index (χ4n) is 2.29. The van der Waals surface area contributed by atoms with Crippen LogP contribution in [0.3, 0.4) is 0 Å². The molecule has 1 unspecified atom stereocenters. The average Bonchev–Trinajstić information content (AvgIpc) is 2.46. The standard InChI is InChI=1S/C14H19ClN2O3/c1-9(18)10-3-4-12(11(15)7-10)17-5-6-20-8-13(17)14(19)16-2/h3-4,7,9,13,18H,5-6,8H2,1-2H3,(H,16,19)/t9-,13?/m0/s1. The van der Waals surface area contributed by atoms with Gasteiger partial charge in [-0.2, -0.15) is 0 Å². The third-order valence-corrected chi connectivity index (χ3v) is 3.74. The molecule has 2 atom stereocenters. The predicted octanol–water partition coefficient (Wildman–Crippen LogP) is 1.34. The number of amides is 1. The highest BCUT2D eigenvalue weighted by Crippen LogP contribution is 2.31. The Kier molecular flexibility index (Phi) is 4.86. The van der Waals surface area contributed by atoms with E-state index in [1.165, 1.54) is 0 Å². The maximum Gasteiger partial charge on any atom is 0.244 e. The van der Waals surface area contributed by atoms with Crippen molar-refractivity contribution in [2.24, 2.45) is 0 Å². The van der Waals surface area contributed by atoms with Crippen LogP contribution >= 0.6 is 11.6 Å². The van der Waals surface area contributed by atoms with Gasteiger partial charge < -0.3 is 20.1 Å². The highest BCUT2D eigenvalue weighted by atomic mass is 35.5. The molecular formula is C14H19ClN2O3. The summed E-state index contributed by atoms with van der Waals surface area (Å²) in [5.74, 6) is -0.0969. The second-order valence-electron chi connectivity index (χ2n) is 4.79. The minimum atomic E-state index is -0.569. The summed E-state index contributed by atoms with van der Waals surface area (Å²) >= 11 is 6.29. The summed E-state index contributed by atoms with van der Waals surface area (Å²) in [6.07, 6.45) is -0.569. The maximum atomic E-state index is 11.9. The smallest absolute Gasteiger partial charge is 0.244 e. The number of carbonyl (C=O) groups is 1. The monoisotopic (exact) mass is 298 g/mol. The number of benzene rings is 1. The van der Waals surface area contributed by atoms with E-state index in [9.17, 15) is 9.90 Å². The number of halogens is 1. The van der Waals surface area contributed by atoms with Crippen molar-refractivity contribution in [3.05, 3.63) is 28.8 Å². The summed E-state index contributed by atoms with van der Waals surface area (Å²) < 4.78 is 5.37. The number of morpholine rings is 1. The van der Waals surface area contributed by atoms with Crippen molar-refractivity contribution in [3.63, 3.8) is 0 Å². The van der Waals surface area contributed by atoms with Gasteiger partial charge in [-0.15, -0.1) is 0 Å². The summed E-state index contributed by atoms with van der Waals surface area (Å²) in [7, 11) is 1.60. The van der Waals surface area contributed by atoms with Crippen LogP contribution in [-0.4, -0.2) is 43.9 Å². The fraction of sp³-hybridized carbons (Fsp3) is 0.500. The molecule has 1 fully saturated rings. The predicted molar refractivity (Wildman–Crippen MR) is 78.1 cm³/mol. The zero-order chi connectivity index (χ0) is 14.7. The van der Waals surface area contributed by atoms with Crippen LogP contribution < -0.4 is 10.2 Å². The fourth-order valence-corrected chi connectivity index (χ4v) is 2.59. The van der Waals surface area contributed by atoms with E-state index in [-0.39, 0.29) is 11.9 Å². The largest absolute Gasteiger partial charge is 0.389 e. The first kappa shape index (κ1) is 15.1. The number of carbonyl (C=O) groups excluding carboxylic acids is 1. The molecule has 5 nitrogen and oxygen atoms in total. The minimum absolute atomic E-state index is 0.0969. The Hall–Kier alpha value is -1.30. The Balaban J connectivity index is 2.30. The molecule has 1 aromatic carbocycles. The Bertz CT molecular complexity index is 493. The Morgan fingerprint density at radius 3 is 2.95 bits per heavy atom. The average molecular weight is 299 g/mol.